The molecule has 2 rings (SSSR count). The molecule has 6 nitrogen and oxygen atoms in total. The summed E-state index contributed by atoms with van der Waals surface area (Å²) in [5, 5.41) is 15.1. The van der Waals surface area contributed by atoms with Gasteiger partial charge in [-0.15, -0.1) is 0 Å². The molecule has 2 unspecified atom stereocenters. The fourth-order valence-electron chi connectivity index (χ4n) is 2.46. The molecular weight excluding hydrogens is 272 g/mol. The number of hydrogen-bond acceptors (Lipinski definition) is 4. The largest absolute Gasteiger partial charge is 0.479 e. The van der Waals surface area contributed by atoms with Crippen LogP contribution in [0.5, 0.6) is 0 Å². The first-order valence-electron chi connectivity index (χ1n) is 7.02. The normalized spacial score (nSPS) is 22.7. The van der Waals surface area contributed by atoms with Crippen LogP contribution in [0.4, 0.5) is 0 Å². The molecule has 3 N–H and O–H groups in total. The summed E-state index contributed by atoms with van der Waals surface area (Å²) in [4.78, 5) is 23.7. The average Bonchev–Trinajstić information content (AvgIpc) is 2.94. The Labute approximate surface area is 123 Å². The van der Waals surface area contributed by atoms with Crippen molar-refractivity contribution in [1.29, 1.82) is 0 Å². The zero-order valence-corrected chi connectivity index (χ0v) is 11.9. The molecule has 0 aromatic heterocycles. The summed E-state index contributed by atoms with van der Waals surface area (Å²) < 4.78 is 5.32. The van der Waals surface area contributed by atoms with Crippen LogP contribution >= 0.6 is 0 Å². The van der Waals surface area contributed by atoms with Crippen LogP contribution in [-0.4, -0.2) is 42.8 Å². The van der Waals surface area contributed by atoms with Gasteiger partial charge in [-0.1, -0.05) is 37.3 Å². The molecule has 1 aromatic carbocycles. The first kappa shape index (κ1) is 15.5. The van der Waals surface area contributed by atoms with Crippen molar-refractivity contribution in [3.8, 4) is 0 Å². The fraction of sp³-hybridized carbons (Fsp3) is 0.467. The number of nitrogens with one attached hydrogen (secondary N) is 2. The number of aliphatic carboxylic acids is 1. The van der Waals surface area contributed by atoms with E-state index >= 15 is 0 Å². The second-order valence-corrected chi connectivity index (χ2v) is 5.00. The van der Waals surface area contributed by atoms with Crippen molar-refractivity contribution in [2.24, 2.45) is 5.92 Å². The third kappa shape index (κ3) is 3.80. The second-order valence-electron chi connectivity index (χ2n) is 5.00. The smallest absolute Gasteiger partial charge is 0.330 e. The highest BCUT2D eigenvalue weighted by Crippen LogP contribution is 2.18. The van der Waals surface area contributed by atoms with Gasteiger partial charge in [0.1, 0.15) is 0 Å². The van der Waals surface area contributed by atoms with Crippen molar-refractivity contribution in [3.05, 3.63) is 35.9 Å². The zero-order chi connectivity index (χ0) is 15.2. The van der Waals surface area contributed by atoms with Gasteiger partial charge in [-0.25, -0.2) is 4.79 Å². The number of carbonyl (C=O) groups is 2. The fourth-order valence-corrected chi connectivity index (χ4v) is 2.46. The van der Waals surface area contributed by atoms with Gasteiger partial charge in [0.2, 0.25) is 5.91 Å². The minimum atomic E-state index is -1.08. The first-order valence-corrected chi connectivity index (χ1v) is 7.02. The van der Waals surface area contributed by atoms with Crippen molar-refractivity contribution < 1.29 is 19.4 Å². The van der Waals surface area contributed by atoms with Crippen LogP contribution < -0.4 is 10.6 Å². The van der Waals surface area contributed by atoms with E-state index in [1.54, 1.807) is 30.3 Å². The number of carboxylic acids is 1. The average molecular weight is 292 g/mol. The van der Waals surface area contributed by atoms with Crippen LogP contribution in [0.15, 0.2) is 30.3 Å². The lowest BCUT2D eigenvalue weighted by molar-refractivity contribution is -0.142. The van der Waals surface area contributed by atoms with Gasteiger partial charge in [-0.3, -0.25) is 4.79 Å². The summed E-state index contributed by atoms with van der Waals surface area (Å²) in [6, 6.07) is 7.56. The molecule has 0 radical (unpaired) electrons. The zero-order valence-electron chi connectivity index (χ0n) is 11.9. The molecule has 1 aliphatic rings. The molecule has 0 saturated carbocycles. The van der Waals surface area contributed by atoms with Crippen molar-refractivity contribution in [2.45, 2.75) is 19.0 Å². The van der Waals surface area contributed by atoms with Gasteiger partial charge >= 0.3 is 5.97 Å². The first-order chi connectivity index (χ1) is 10.1. The van der Waals surface area contributed by atoms with Crippen molar-refractivity contribution in [2.75, 3.05) is 19.8 Å². The second kappa shape index (κ2) is 7.19. The van der Waals surface area contributed by atoms with Crippen LogP contribution in [0.1, 0.15) is 18.5 Å². The molecule has 114 valence electrons. The number of likely N-dealkylation sites (N-methyl/N-ethyl adjacent to an activating group) is 1. The van der Waals surface area contributed by atoms with Gasteiger partial charge in [0, 0.05) is 6.04 Å². The molecule has 1 amide bonds. The van der Waals surface area contributed by atoms with Crippen LogP contribution in [0, 0.1) is 5.92 Å². The van der Waals surface area contributed by atoms with E-state index in [2.05, 4.69) is 10.6 Å². The Morgan fingerprint density at radius 1 is 1.33 bits per heavy atom. The van der Waals surface area contributed by atoms with E-state index in [9.17, 15) is 14.7 Å². The van der Waals surface area contributed by atoms with Gasteiger partial charge in [-0.05, 0) is 12.1 Å². The predicted molar refractivity (Wildman–Crippen MR) is 76.7 cm³/mol. The van der Waals surface area contributed by atoms with E-state index in [1.165, 1.54) is 0 Å². The van der Waals surface area contributed by atoms with E-state index < -0.39 is 12.0 Å². The molecule has 6 heteroatoms. The Morgan fingerprint density at radius 3 is 2.67 bits per heavy atom. The number of benzene rings is 1. The van der Waals surface area contributed by atoms with E-state index in [4.69, 9.17) is 4.74 Å². The molecule has 1 fully saturated rings. The van der Waals surface area contributed by atoms with Crippen LogP contribution in [0.25, 0.3) is 0 Å². The van der Waals surface area contributed by atoms with Crippen LogP contribution in [0.2, 0.25) is 0 Å². The van der Waals surface area contributed by atoms with Gasteiger partial charge in [0.25, 0.3) is 0 Å². The summed E-state index contributed by atoms with van der Waals surface area (Å²) in [6.45, 7) is 3.47. The molecule has 21 heavy (non-hydrogen) atoms. The van der Waals surface area contributed by atoms with Crippen molar-refractivity contribution >= 4 is 11.9 Å². The number of carboxylic acid groups (broad SMARTS) is 1. The maximum atomic E-state index is 12.3. The Bertz CT molecular complexity index is 492. The molecule has 1 saturated heterocycles. The third-order valence-electron chi connectivity index (χ3n) is 3.55. The molecule has 0 aliphatic carbocycles. The van der Waals surface area contributed by atoms with Gasteiger partial charge in [0.05, 0.1) is 19.1 Å². The van der Waals surface area contributed by atoms with E-state index in [0.717, 1.165) is 6.54 Å². The predicted octanol–water partition coefficient (Wildman–Crippen LogP) is 0.553. The maximum absolute atomic E-state index is 12.3. The highest BCUT2D eigenvalue weighted by atomic mass is 16.5. The Morgan fingerprint density at radius 2 is 2.05 bits per heavy atom. The monoisotopic (exact) mass is 292 g/mol. The molecule has 1 aliphatic heterocycles. The highest BCUT2D eigenvalue weighted by molar-refractivity contribution is 5.86. The maximum Gasteiger partial charge on any atom is 0.330 e. The minimum absolute atomic E-state index is 0.0692. The molecule has 3 atom stereocenters. The number of hydrogen-bond donors (Lipinski definition) is 3. The molecule has 1 heterocycles. The summed E-state index contributed by atoms with van der Waals surface area (Å²) in [5.74, 6) is -1.74. The minimum Gasteiger partial charge on any atom is -0.479 e. The highest BCUT2D eigenvalue weighted by Gasteiger charge is 2.35. The lowest BCUT2D eigenvalue weighted by atomic mass is 10.0. The number of ether oxygens (including phenoxy) is 1. The standard InChI is InChI=1S/C15H20N2O4/c1-2-16-12-9-21-8-11(12)14(18)17-13(15(19)20)10-6-4-3-5-7-10/h3-7,11-13,16H,2,8-9H2,1H3,(H,17,18)(H,19,20)/t11?,12?,13-/m1/s1. The summed E-state index contributed by atoms with van der Waals surface area (Å²) >= 11 is 0. The third-order valence-corrected chi connectivity index (χ3v) is 3.55. The van der Waals surface area contributed by atoms with Gasteiger partial charge in [0.15, 0.2) is 6.04 Å². The van der Waals surface area contributed by atoms with Crippen LogP contribution in [-0.2, 0) is 14.3 Å². The number of amides is 1. The van der Waals surface area contributed by atoms with E-state index in [1.807, 2.05) is 6.92 Å². The summed E-state index contributed by atoms with van der Waals surface area (Å²) in [6.07, 6.45) is 0. The molecule has 0 spiro atoms. The Hall–Kier alpha value is -1.92. The Balaban J connectivity index is 2.07. The van der Waals surface area contributed by atoms with Crippen molar-refractivity contribution in [3.63, 3.8) is 0 Å². The lowest BCUT2D eigenvalue weighted by Crippen LogP contribution is -2.46. The quantitative estimate of drug-likeness (QED) is 0.713. The van der Waals surface area contributed by atoms with Gasteiger partial charge < -0.3 is 20.5 Å². The van der Waals surface area contributed by atoms with Gasteiger partial charge in [-0.2, -0.15) is 0 Å². The SMILES string of the molecule is CCNC1COCC1C(=O)N[C@@H](C(=O)O)c1ccccc1. The molecular formula is C15H20N2O4. The molecule has 1 aromatic rings. The summed E-state index contributed by atoms with van der Waals surface area (Å²) in [5.41, 5.74) is 0.553. The Kier molecular flexibility index (Phi) is 5.30. The van der Waals surface area contributed by atoms with E-state index in [-0.39, 0.29) is 17.9 Å². The topological polar surface area (TPSA) is 87.7 Å². The number of rotatable bonds is 6. The number of carbonyl (C=O) groups excluding carboxylic acids is 1. The van der Waals surface area contributed by atoms with Crippen molar-refractivity contribution in [1.82, 2.24) is 10.6 Å². The lowest BCUT2D eigenvalue weighted by Gasteiger charge is -2.21. The van der Waals surface area contributed by atoms with E-state index in [0.29, 0.717) is 18.8 Å². The summed E-state index contributed by atoms with van der Waals surface area (Å²) in [7, 11) is 0. The van der Waals surface area contributed by atoms with Crippen LogP contribution in [0.3, 0.4) is 0 Å². The molecule has 0 bridgehead atoms.